The predicted octanol–water partition coefficient (Wildman–Crippen LogP) is 2.93. The van der Waals surface area contributed by atoms with Gasteiger partial charge in [-0.05, 0) is 31.7 Å². The van der Waals surface area contributed by atoms with Gasteiger partial charge >= 0.3 is 0 Å². The van der Waals surface area contributed by atoms with Crippen LogP contribution in [0.15, 0.2) is 29.3 Å². The first kappa shape index (κ1) is 16.3. The Morgan fingerprint density at radius 3 is 2.55 bits per heavy atom. The van der Waals surface area contributed by atoms with Crippen LogP contribution in [-0.4, -0.2) is 34.9 Å². The zero-order chi connectivity index (χ0) is 15.9. The van der Waals surface area contributed by atoms with Gasteiger partial charge in [-0.1, -0.05) is 19.1 Å². The molecule has 0 radical (unpaired) electrons. The van der Waals surface area contributed by atoms with E-state index < -0.39 is 0 Å². The Labute approximate surface area is 131 Å². The van der Waals surface area contributed by atoms with E-state index in [2.05, 4.69) is 24.1 Å². The maximum absolute atomic E-state index is 10.7. The molecule has 6 nitrogen and oxygen atoms in total. The second-order valence-electron chi connectivity index (χ2n) is 5.71. The van der Waals surface area contributed by atoms with Gasteiger partial charge in [-0.15, -0.1) is 0 Å². The molecule has 1 saturated heterocycles. The van der Waals surface area contributed by atoms with E-state index in [1.165, 1.54) is 25.0 Å². The largest absolute Gasteiger partial charge is 0.354 e. The van der Waals surface area contributed by atoms with E-state index in [4.69, 9.17) is 4.99 Å². The van der Waals surface area contributed by atoms with Crippen molar-refractivity contribution in [3.05, 3.63) is 39.9 Å². The van der Waals surface area contributed by atoms with E-state index in [0.29, 0.717) is 12.6 Å². The number of nitrogens with zero attached hydrogens (tertiary/aromatic N) is 3. The van der Waals surface area contributed by atoms with Crippen molar-refractivity contribution in [3.8, 4) is 0 Å². The molecule has 1 heterocycles. The first-order valence-corrected chi connectivity index (χ1v) is 7.89. The number of aliphatic imine (C=N–C) groups is 1. The lowest BCUT2D eigenvalue weighted by Crippen LogP contribution is -2.43. The average molecular weight is 304 g/mol. The molecule has 2 rings (SSSR count). The van der Waals surface area contributed by atoms with Crippen LogP contribution in [0.5, 0.6) is 0 Å². The maximum atomic E-state index is 10.7. The average Bonchev–Trinajstić information content (AvgIpc) is 3.05. The summed E-state index contributed by atoms with van der Waals surface area (Å²) in [5.41, 5.74) is 1.10. The molecule has 0 aromatic heterocycles. The van der Waals surface area contributed by atoms with Crippen LogP contribution in [0, 0.1) is 10.1 Å². The van der Waals surface area contributed by atoms with Crippen molar-refractivity contribution in [1.82, 2.24) is 10.2 Å². The van der Waals surface area contributed by atoms with Crippen molar-refractivity contribution < 1.29 is 4.92 Å². The lowest BCUT2D eigenvalue weighted by Gasteiger charge is -2.24. The molecule has 0 bridgehead atoms. The normalized spacial score (nSPS) is 16.6. The molecular weight excluding hydrogens is 280 g/mol. The molecule has 1 aromatic rings. The Balaban J connectivity index is 2.05. The lowest BCUT2D eigenvalue weighted by molar-refractivity contribution is -0.384. The third-order valence-corrected chi connectivity index (χ3v) is 3.95. The van der Waals surface area contributed by atoms with Crippen LogP contribution in [-0.2, 0) is 6.54 Å². The van der Waals surface area contributed by atoms with E-state index >= 15 is 0 Å². The summed E-state index contributed by atoms with van der Waals surface area (Å²) in [6.07, 6.45) is 3.46. The molecule has 1 fully saturated rings. The van der Waals surface area contributed by atoms with Crippen LogP contribution in [0.3, 0.4) is 0 Å². The van der Waals surface area contributed by atoms with Crippen LogP contribution >= 0.6 is 0 Å². The fraction of sp³-hybridized carbons (Fsp3) is 0.562. The molecule has 1 unspecified atom stereocenters. The van der Waals surface area contributed by atoms with Crippen molar-refractivity contribution in [2.75, 3.05) is 13.1 Å². The molecule has 1 aromatic carbocycles. The second kappa shape index (κ2) is 7.77. The Morgan fingerprint density at radius 2 is 2.00 bits per heavy atom. The number of hydrogen-bond donors (Lipinski definition) is 1. The summed E-state index contributed by atoms with van der Waals surface area (Å²) in [5, 5.41) is 14.1. The maximum Gasteiger partial charge on any atom is 0.269 e. The number of nitro groups is 1. The number of guanidine groups is 1. The Bertz CT molecular complexity index is 521. The van der Waals surface area contributed by atoms with Gasteiger partial charge in [0.25, 0.3) is 5.69 Å². The number of nitro benzene ring substituents is 1. The fourth-order valence-electron chi connectivity index (χ4n) is 2.38. The first-order valence-electron chi connectivity index (χ1n) is 7.89. The highest BCUT2D eigenvalue weighted by Crippen LogP contribution is 2.13. The minimum Gasteiger partial charge on any atom is -0.354 e. The number of rotatable bonds is 5. The van der Waals surface area contributed by atoms with Crippen molar-refractivity contribution in [1.29, 1.82) is 0 Å². The van der Waals surface area contributed by atoms with Gasteiger partial charge in [0.05, 0.1) is 11.5 Å². The molecule has 22 heavy (non-hydrogen) atoms. The molecule has 1 aliphatic rings. The number of likely N-dealkylation sites (tertiary alicyclic amines) is 1. The molecule has 0 spiro atoms. The molecule has 1 N–H and O–H groups in total. The minimum absolute atomic E-state index is 0.116. The van der Waals surface area contributed by atoms with Gasteiger partial charge in [-0.3, -0.25) is 10.1 Å². The fourth-order valence-corrected chi connectivity index (χ4v) is 2.38. The molecule has 0 saturated carbocycles. The van der Waals surface area contributed by atoms with Gasteiger partial charge in [-0.2, -0.15) is 0 Å². The molecule has 120 valence electrons. The van der Waals surface area contributed by atoms with Crippen LogP contribution in [0.4, 0.5) is 5.69 Å². The number of non-ortho nitro benzene ring substituents is 1. The van der Waals surface area contributed by atoms with Crippen LogP contribution in [0.25, 0.3) is 0 Å². The van der Waals surface area contributed by atoms with E-state index in [1.807, 2.05) is 0 Å². The Hall–Kier alpha value is -2.11. The minimum atomic E-state index is -0.382. The summed E-state index contributed by atoms with van der Waals surface area (Å²) < 4.78 is 0. The van der Waals surface area contributed by atoms with E-state index in [1.54, 1.807) is 12.1 Å². The highest BCUT2D eigenvalue weighted by atomic mass is 16.6. The number of benzene rings is 1. The monoisotopic (exact) mass is 304 g/mol. The third kappa shape index (κ3) is 4.44. The Kier molecular flexibility index (Phi) is 5.75. The van der Waals surface area contributed by atoms with Crippen LogP contribution in [0.2, 0.25) is 0 Å². The van der Waals surface area contributed by atoms with Crippen molar-refractivity contribution in [3.63, 3.8) is 0 Å². The number of hydrogen-bond acceptors (Lipinski definition) is 3. The summed E-state index contributed by atoms with van der Waals surface area (Å²) >= 11 is 0. The quantitative estimate of drug-likeness (QED) is 0.393. The topological polar surface area (TPSA) is 70.8 Å². The zero-order valence-corrected chi connectivity index (χ0v) is 13.3. The summed E-state index contributed by atoms with van der Waals surface area (Å²) in [6.45, 7) is 6.92. The molecular formula is C16H24N4O2. The Morgan fingerprint density at radius 1 is 1.36 bits per heavy atom. The highest BCUT2D eigenvalue weighted by molar-refractivity contribution is 5.80. The van der Waals surface area contributed by atoms with Crippen molar-refractivity contribution in [2.24, 2.45) is 4.99 Å². The summed E-state index contributed by atoms with van der Waals surface area (Å²) in [7, 11) is 0. The SMILES string of the molecule is CCC(C)NC(=NCc1ccc([N+](=O)[O-])cc1)N1CCCC1. The highest BCUT2D eigenvalue weighted by Gasteiger charge is 2.17. The van der Waals surface area contributed by atoms with Gasteiger partial charge in [0.15, 0.2) is 5.96 Å². The molecule has 1 atom stereocenters. The molecule has 0 aliphatic carbocycles. The van der Waals surface area contributed by atoms with E-state index in [9.17, 15) is 10.1 Å². The van der Waals surface area contributed by atoms with E-state index in [-0.39, 0.29) is 10.6 Å². The van der Waals surface area contributed by atoms with Gasteiger partial charge in [0.2, 0.25) is 0 Å². The van der Waals surface area contributed by atoms with Crippen molar-refractivity contribution >= 4 is 11.6 Å². The van der Waals surface area contributed by atoms with Crippen molar-refractivity contribution in [2.45, 2.75) is 45.7 Å². The van der Waals surface area contributed by atoms with Gasteiger partial charge in [-0.25, -0.2) is 4.99 Å². The zero-order valence-electron chi connectivity index (χ0n) is 13.3. The summed E-state index contributed by atoms with van der Waals surface area (Å²) in [4.78, 5) is 17.3. The third-order valence-electron chi connectivity index (χ3n) is 3.95. The second-order valence-corrected chi connectivity index (χ2v) is 5.71. The van der Waals surface area contributed by atoms with Crippen LogP contribution in [0.1, 0.15) is 38.7 Å². The molecule has 1 aliphatic heterocycles. The lowest BCUT2D eigenvalue weighted by atomic mass is 10.2. The van der Waals surface area contributed by atoms with E-state index in [0.717, 1.165) is 31.0 Å². The smallest absolute Gasteiger partial charge is 0.269 e. The summed E-state index contributed by atoms with van der Waals surface area (Å²) in [5.74, 6) is 0.949. The summed E-state index contributed by atoms with van der Waals surface area (Å²) in [6, 6.07) is 6.99. The first-order chi connectivity index (χ1) is 10.6. The molecule has 6 heteroatoms. The predicted molar refractivity (Wildman–Crippen MR) is 87.9 cm³/mol. The number of nitrogens with one attached hydrogen (secondary N) is 1. The van der Waals surface area contributed by atoms with Gasteiger partial charge < -0.3 is 10.2 Å². The van der Waals surface area contributed by atoms with Gasteiger partial charge in [0.1, 0.15) is 0 Å². The van der Waals surface area contributed by atoms with Gasteiger partial charge in [0, 0.05) is 31.3 Å². The van der Waals surface area contributed by atoms with Crippen LogP contribution < -0.4 is 5.32 Å². The molecule has 0 amide bonds. The standard InChI is InChI=1S/C16H24N4O2/c1-3-13(2)18-16(19-10-4-5-11-19)17-12-14-6-8-15(9-7-14)20(21)22/h6-9,13H,3-5,10-12H2,1-2H3,(H,17,18).